The van der Waals surface area contributed by atoms with Crippen LogP contribution in [0.3, 0.4) is 0 Å². The number of carboxylic acids is 1. The number of nitrogens with zero attached hydrogens (tertiary/aromatic N) is 3. The maximum absolute atomic E-state index is 14.9. The molecule has 1 aliphatic heterocycles. The van der Waals surface area contributed by atoms with Crippen LogP contribution in [0, 0.1) is 11.7 Å². The van der Waals surface area contributed by atoms with Gasteiger partial charge in [0.25, 0.3) is 0 Å². The molecule has 1 fully saturated rings. The van der Waals surface area contributed by atoms with Crippen LogP contribution in [-0.4, -0.2) is 39.0 Å². The number of hydrogen-bond acceptors (Lipinski definition) is 5. The Balaban J connectivity index is 1.33. The van der Waals surface area contributed by atoms with Crippen molar-refractivity contribution in [2.24, 2.45) is 5.92 Å². The van der Waals surface area contributed by atoms with Crippen molar-refractivity contribution in [1.82, 2.24) is 14.9 Å². The number of hydrogen-bond donors (Lipinski definition) is 1. The van der Waals surface area contributed by atoms with Gasteiger partial charge < -0.3 is 5.11 Å². The van der Waals surface area contributed by atoms with Gasteiger partial charge in [-0.25, -0.2) is 9.37 Å². The van der Waals surface area contributed by atoms with E-state index in [0.29, 0.717) is 30.2 Å². The van der Waals surface area contributed by atoms with Gasteiger partial charge in [-0.1, -0.05) is 18.2 Å². The van der Waals surface area contributed by atoms with E-state index in [9.17, 15) is 9.18 Å². The fourth-order valence-electron chi connectivity index (χ4n) is 3.85. The number of carboxylic acid groups (broad SMARTS) is 1. The largest absolute Gasteiger partial charge is 0.481 e. The fraction of sp³-hybridized carbons (Fsp3) is 0.208. The summed E-state index contributed by atoms with van der Waals surface area (Å²) in [6.45, 7) is 1.58. The average molecular weight is 434 g/mol. The second-order valence-electron chi connectivity index (χ2n) is 7.86. The molecule has 3 heterocycles. The zero-order valence-corrected chi connectivity index (χ0v) is 17.5. The van der Waals surface area contributed by atoms with Crippen LogP contribution in [-0.2, 0) is 17.8 Å². The summed E-state index contributed by atoms with van der Waals surface area (Å²) in [7, 11) is 0. The van der Waals surface area contributed by atoms with Crippen LogP contribution in [0.1, 0.15) is 16.8 Å². The van der Waals surface area contributed by atoms with Gasteiger partial charge in [-0.05, 0) is 47.5 Å². The predicted molar refractivity (Wildman–Crippen MR) is 118 cm³/mol. The molecule has 1 aliphatic rings. The molecule has 5 rings (SSSR count). The third-order valence-electron chi connectivity index (χ3n) is 5.54. The van der Waals surface area contributed by atoms with Gasteiger partial charge in [0, 0.05) is 43.5 Å². The lowest BCUT2D eigenvalue weighted by molar-refractivity contribution is -0.147. The Morgan fingerprint density at radius 1 is 1.13 bits per heavy atom. The number of thiazole rings is 1. The number of benzene rings is 2. The van der Waals surface area contributed by atoms with E-state index in [-0.39, 0.29) is 11.7 Å². The molecular formula is C24H20FN3O2S. The van der Waals surface area contributed by atoms with Gasteiger partial charge in [-0.2, -0.15) is 0 Å². The smallest absolute Gasteiger partial charge is 0.309 e. The summed E-state index contributed by atoms with van der Waals surface area (Å²) in [6, 6.07) is 17.2. The molecule has 5 nitrogen and oxygen atoms in total. The van der Waals surface area contributed by atoms with Crippen LogP contribution in [0.25, 0.3) is 20.8 Å². The first kappa shape index (κ1) is 19.8. The molecule has 1 saturated heterocycles. The van der Waals surface area contributed by atoms with Crippen molar-refractivity contribution < 1.29 is 14.3 Å². The van der Waals surface area contributed by atoms with Crippen molar-refractivity contribution in [3.63, 3.8) is 0 Å². The lowest BCUT2D eigenvalue weighted by Crippen LogP contribution is -2.49. The molecule has 0 spiro atoms. The van der Waals surface area contributed by atoms with E-state index in [0.717, 1.165) is 33.5 Å². The Bertz CT molecular complexity index is 1250. The summed E-state index contributed by atoms with van der Waals surface area (Å²) in [4.78, 5) is 22.0. The zero-order chi connectivity index (χ0) is 21.4. The van der Waals surface area contributed by atoms with Crippen molar-refractivity contribution >= 4 is 27.5 Å². The Labute approximate surface area is 182 Å². The summed E-state index contributed by atoms with van der Waals surface area (Å²) in [5.41, 5.74) is 4.30. The minimum absolute atomic E-state index is 0.305. The van der Waals surface area contributed by atoms with Crippen molar-refractivity contribution in [3.05, 3.63) is 83.4 Å². The van der Waals surface area contributed by atoms with Gasteiger partial charge >= 0.3 is 5.97 Å². The summed E-state index contributed by atoms with van der Waals surface area (Å²) in [5.74, 6) is -1.38. The van der Waals surface area contributed by atoms with Gasteiger partial charge in [-0.3, -0.25) is 14.7 Å². The highest BCUT2D eigenvalue weighted by Gasteiger charge is 2.32. The quantitative estimate of drug-likeness (QED) is 0.481. The number of rotatable bonds is 6. The summed E-state index contributed by atoms with van der Waals surface area (Å²) in [5, 5.41) is 9.64. The number of fused-ring (bicyclic) bond motifs is 1. The van der Waals surface area contributed by atoms with E-state index in [1.165, 1.54) is 17.4 Å². The van der Waals surface area contributed by atoms with Crippen molar-refractivity contribution in [2.45, 2.75) is 13.0 Å². The van der Waals surface area contributed by atoms with Crippen molar-refractivity contribution in [1.29, 1.82) is 0 Å². The Hall–Kier alpha value is -3.16. The Kier molecular flexibility index (Phi) is 5.21. The van der Waals surface area contributed by atoms with E-state index in [1.807, 2.05) is 41.3 Å². The molecule has 31 heavy (non-hydrogen) atoms. The highest BCUT2D eigenvalue weighted by atomic mass is 32.1. The fourth-order valence-corrected chi connectivity index (χ4v) is 4.83. The topological polar surface area (TPSA) is 66.3 Å². The van der Waals surface area contributed by atoms with Crippen molar-refractivity contribution in [2.75, 3.05) is 13.1 Å². The van der Waals surface area contributed by atoms with E-state index < -0.39 is 5.97 Å². The van der Waals surface area contributed by atoms with Gasteiger partial charge in [0.05, 0.1) is 16.1 Å². The second-order valence-corrected chi connectivity index (χ2v) is 8.89. The summed E-state index contributed by atoms with van der Waals surface area (Å²) >= 11 is 1.48. The Morgan fingerprint density at radius 3 is 2.71 bits per heavy atom. The molecule has 0 saturated carbocycles. The first-order valence-electron chi connectivity index (χ1n) is 10.1. The Morgan fingerprint density at radius 2 is 1.97 bits per heavy atom. The molecule has 1 N–H and O–H groups in total. The van der Waals surface area contributed by atoms with E-state index in [2.05, 4.69) is 16.0 Å². The minimum Gasteiger partial charge on any atom is -0.481 e. The SMILES string of the molecule is O=C(O)C1CN(Cc2ccc(-c3nc4cc(Cc5ccccn5)ccc4s3)c(F)c2)C1. The van der Waals surface area contributed by atoms with E-state index >= 15 is 0 Å². The minimum atomic E-state index is -0.767. The lowest BCUT2D eigenvalue weighted by Gasteiger charge is -2.36. The van der Waals surface area contributed by atoms with Crippen molar-refractivity contribution in [3.8, 4) is 10.6 Å². The maximum Gasteiger partial charge on any atom is 0.309 e. The second kappa shape index (κ2) is 8.17. The molecule has 0 aliphatic carbocycles. The number of likely N-dealkylation sites (tertiary alicyclic amines) is 1. The molecular weight excluding hydrogens is 413 g/mol. The van der Waals surface area contributed by atoms with Crippen LogP contribution in [0.4, 0.5) is 4.39 Å². The molecule has 0 atom stereocenters. The number of carbonyl (C=O) groups is 1. The zero-order valence-electron chi connectivity index (χ0n) is 16.7. The van der Waals surface area contributed by atoms with Crippen LogP contribution < -0.4 is 0 Å². The predicted octanol–water partition coefficient (Wildman–Crippen LogP) is 4.60. The molecule has 0 radical (unpaired) electrons. The van der Waals surface area contributed by atoms with E-state index in [4.69, 9.17) is 5.11 Å². The number of aliphatic carboxylic acids is 1. The standard InChI is InChI=1S/C24H20FN3O2S/c25-20-10-16(12-28-13-17(14-28)24(29)30)4-6-19(20)23-27-21-11-15(5-7-22(21)31-23)9-18-3-1-2-8-26-18/h1-8,10-11,17H,9,12-14H2,(H,29,30). The first-order chi connectivity index (χ1) is 15.0. The van der Waals surface area contributed by atoms with Gasteiger partial charge in [-0.15, -0.1) is 11.3 Å². The van der Waals surface area contributed by atoms with Gasteiger partial charge in [0.15, 0.2) is 0 Å². The molecule has 0 amide bonds. The molecule has 4 aromatic rings. The molecule has 7 heteroatoms. The monoisotopic (exact) mass is 433 g/mol. The summed E-state index contributed by atoms with van der Waals surface area (Å²) in [6.07, 6.45) is 2.51. The van der Waals surface area contributed by atoms with Crippen LogP contribution >= 0.6 is 11.3 Å². The summed E-state index contributed by atoms with van der Waals surface area (Å²) < 4.78 is 15.9. The number of aromatic nitrogens is 2. The molecule has 0 unspecified atom stereocenters. The molecule has 2 aromatic carbocycles. The first-order valence-corrected chi connectivity index (χ1v) is 10.9. The molecule has 2 aromatic heterocycles. The highest BCUT2D eigenvalue weighted by molar-refractivity contribution is 7.21. The third-order valence-corrected chi connectivity index (χ3v) is 6.61. The molecule has 0 bridgehead atoms. The maximum atomic E-state index is 14.9. The van der Waals surface area contributed by atoms with Crippen LogP contribution in [0.15, 0.2) is 60.8 Å². The third kappa shape index (κ3) is 4.19. The molecule has 156 valence electrons. The van der Waals surface area contributed by atoms with Gasteiger partial charge in [0.1, 0.15) is 10.8 Å². The van der Waals surface area contributed by atoms with E-state index in [1.54, 1.807) is 12.3 Å². The number of halogens is 1. The normalized spacial score (nSPS) is 14.6. The lowest BCUT2D eigenvalue weighted by atomic mass is 9.99. The van der Waals surface area contributed by atoms with Crippen LogP contribution in [0.5, 0.6) is 0 Å². The average Bonchev–Trinajstić information content (AvgIpc) is 3.14. The van der Waals surface area contributed by atoms with Gasteiger partial charge in [0.2, 0.25) is 0 Å². The number of pyridine rings is 1. The van der Waals surface area contributed by atoms with Crippen LogP contribution in [0.2, 0.25) is 0 Å². The highest BCUT2D eigenvalue weighted by Crippen LogP contribution is 2.33.